The molecule has 1 aliphatic rings. The molecule has 1 atom stereocenters. The average molecular weight is 295 g/mol. The predicted octanol–water partition coefficient (Wildman–Crippen LogP) is 2.17. The summed E-state index contributed by atoms with van der Waals surface area (Å²) in [6, 6.07) is 13.3. The Morgan fingerprint density at radius 1 is 1.23 bits per heavy atom. The molecule has 1 saturated heterocycles. The summed E-state index contributed by atoms with van der Waals surface area (Å²) < 4.78 is 5.73. The number of amides is 1. The number of rotatable bonds is 4. The molecule has 1 aromatic heterocycles. The summed E-state index contributed by atoms with van der Waals surface area (Å²) in [4.78, 5) is 14.0. The summed E-state index contributed by atoms with van der Waals surface area (Å²) >= 11 is 0. The van der Waals surface area contributed by atoms with Gasteiger partial charge in [-0.05, 0) is 17.7 Å². The maximum atomic E-state index is 12.2. The van der Waals surface area contributed by atoms with Crippen LogP contribution in [0.3, 0.4) is 0 Å². The molecule has 0 N–H and O–H groups in total. The minimum absolute atomic E-state index is 0.00842. The van der Waals surface area contributed by atoms with Crippen molar-refractivity contribution in [3.8, 4) is 5.88 Å². The van der Waals surface area contributed by atoms with E-state index in [4.69, 9.17) is 4.74 Å². The maximum absolute atomic E-state index is 12.2. The van der Waals surface area contributed by atoms with Gasteiger partial charge in [-0.3, -0.25) is 4.79 Å². The van der Waals surface area contributed by atoms with Gasteiger partial charge in [-0.25, -0.2) is 0 Å². The van der Waals surface area contributed by atoms with E-state index in [1.165, 1.54) is 0 Å². The number of likely N-dealkylation sites (tertiary alicyclic amines) is 1. The Labute approximate surface area is 129 Å². The summed E-state index contributed by atoms with van der Waals surface area (Å²) in [5.41, 5.74) is 1.02. The fourth-order valence-corrected chi connectivity index (χ4v) is 2.38. The Kier molecular flexibility index (Phi) is 4.44. The first-order valence-electron chi connectivity index (χ1n) is 7.28. The van der Waals surface area contributed by atoms with E-state index >= 15 is 0 Å². The molecule has 2 aromatic rings. The highest BCUT2D eigenvalue weighted by atomic mass is 16.5. The van der Waals surface area contributed by atoms with Gasteiger partial charge in [0.2, 0.25) is 11.8 Å². The third-order valence-corrected chi connectivity index (χ3v) is 3.51. The molecule has 2 heterocycles. The minimum atomic E-state index is -0.0224. The number of hydrogen-bond acceptors (Lipinski definition) is 4. The second kappa shape index (κ2) is 6.85. The molecule has 112 valence electrons. The first kappa shape index (κ1) is 14.3. The molecule has 0 spiro atoms. The molecule has 3 rings (SSSR count). The van der Waals surface area contributed by atoms with E-state index in [1.54, 1.807) is 29.3 Å². The number of aromatic nitrogens is 2. The lowest BCUT2D eigenvalue weighted by atomic mass is 10.2. The highest BCUT2D eigenvalue weighted by Crippen LogP contribution is 2.16. The quantitative estimate of drug-likeness (QED) is 0.811. The monoisotopic (exact) mass is 295 g/mol. The molecule has 1 amide bonds. The zero-order valence-electron chi connectivity index (χ0n) is 12.1. The number of carbonyl (C=O) groups is 1. The number of carbonyl (C=O) groups excluding carboxylic acids is 1. The Morgan fingerprint density at radius 2 is 2.09 bits per heavy atom. The van der Waals surface area contributed by atoms with Crippen molar-refractivity contribution < 1.29 is 9.53 Å². The second-order valence-corrected chi connectivity index (χ2v) is 5.12. The van der Waals surface area contributed by atoms with Crippen LogP contribution in [0, 0.1) is 0 Å². The van der Waals surface area contributed by atoms with Crippen molar-refractivity contribution in [2.75, 3.05) is 13.1 Å². The van der Waals surface area contributed by atoms with Crippen molar-refractivity contribution in [1.29, 1.82) is 0 Å². The van der Waals surface area contributed by atoms with Crippen LogP contribution < -0.4 is 4.74 Å². The molecule has 1 aromatic carbocycles. The van der Waals surface area contributed by atoms with Crippen LogP contribution in [-0.2, 0) is 4.79 Å². The second-order valence-electron chi connectivity index (χ2n) is 5.12. The van der Waals surface area contributed by atoms with Crippen molar-refractivity contribution in [3.63, 3.8) is 0 Å². The van der Waals surface area contributed by atoms with Crippen molar-refractivity contribution in [1.82, 2.24) is 15.1 Å². The predicted molar refractivity (Wildman–Crippen MR) is 83.1 cm³/mol. The lowest BCUT2D eigenvalue weighted by Gasteiger charge is -2.14. The Morgan fingerprint density at radius 3 is 2.86 bits per heavy atom. The molecule has 0 unspecified atom stereocenters. The van der Waals surface area contributed by atoms with Gasteiger partial charge in [0, 0.05) is 31.3 Å². The molecule has 22 heavy (non-hydrogen) atoms. The third kappa shape index (κ3) is 3.69. The van der Waals surface area contributed by atoms with Gasteiger partial charge in [0.25, 0.3) is 0 Å². The van der Waals surface area contributed by atoms with Gasteiger partial charge >= 0.3 is 0 Å². The van der Waals surface area contributed by atoms with E-state index in [0.29, 0.717) is 19.0 Å². The van der Waals surface area contributed by atoms with Crippen LogP contribution in [0.4, 0.5) is 0 Å². The van der Waals surface area contributed by atoms with Crippen LogP contribution in [0.15, 0.2) is 54.7 Å². The fourth-order valence-electron chi connectivity index (χ4n) is 2.38. The largest absolute Gasteiger partial charge is 0.471 e. The molecule has 5 nitrogen and oxygen atoms in total. The van der Waals surface area contributed by atoms with Crippen molar-refractivity contribution in [2.45, 2.75) is 12.5 Å². The number of ether oxygens (including phenoxy) is 1. The van der Waals surface area contributed by atoms with Crippen molar-refractivity contribution in [2.24, 2.45) is 0 Å². The molecule has 1 fully saturated rings. The van der Waals surface area contributed by atoms with Crippen LogP contribution in [0.5, 0.6) is 5.88 Å². The van der Waals surface area contributed by atoms with Gasteiger partial charge in [-0.15, -0.1) is 5.10 Å². The lowest BCUT2D eigenvalue weighted by molar-refractivity contribution is -0.125. The summed E-state index contributed by atoms with van der Waals surface area (Å²) in [6.07, 6.45) is 5.83. The van der Waals surface area contributed by atoms with Crippen LogP contribution >= 0.6 is 0 Å². The summed E-state index contributed by atoms with van der Waals surface area (Å²) in [6.45, 7) is 1.28. The molecular formula is C17H17N3O2. The number of nitrogens with zero attached hydrogens (tertiary/aromatic N) is 3. The smallest absolute Gasteiger partial charge is 0.246 e. The van der Waals surface area contributed by atoms with Crippen molar-refractivity contribution in [3.05, 3.63) is 60.3 Å². The highest BCUT2D eigenvalue weighted by molar-refractivity contribution is 5.91. The van der Waals surface area contributed by atoms with Gasteiger partial charge < -0.3 is 9.64 Å². The van der Waals surface area contributed by atoms with Gasteiger partial charge in [0.1, 0.15) is 6.10 Å². The fraction of sp³-hybridized carbons (Fsp3) is 0.235. The Bertz CT molecular complexity index is 643. The minimum Gasteiger partial charge on any atom is -0.471 e. The molecule has 0 aliphatic carbocycles. The maximum Gasteiger partial charge on any atom is 0.246 e. The van der Waals surface area contributed by atoms with E-state index in [1.807, 2.05) is 36.4 Å². The lowest BCUT2D eigenvalue weighted by Crippen LogP contribution is -2.29. The van der Waals surface area contributed by atoms with E-state index in [-0.39, 0.29) is 12.0 Å². The van der Waals surface area contributed by atoms with E-state index in [0.717, 1.165) is 12.0 Å². The van der Waals surface area contributed by atoms with Crippen LogP contribution in [0.25, 0.3) is 6.08 Å². The van der Waals surface area contributed by atoms with Crippen LogP contribution in [0.2, 0.25) is 0 Å². The molecule has 0 saturated carbocycles. The molecule has 5 heteroatoms. The first-order chi connectivity index (χ1) is 10.8. The summed E-state index contributed by atoms with van der Waals surface area (Å²) in [5.74, 6) is 0.510. The van der Waals surface area contributed by atoms with E-state index in [2.05, 4.69) is 10.2 Å². The topological polar surface area (TPSA) is 55.3 Å². The molecule has 0 bridgehead atoms. The Balaban J connectivity index is 1.54. The highest BCUT2D eigenvalue weighted by Gasteiger charge is 2.26. The normalized spacial score (nSPS) is 17.8. The molecule has 0 radical (unpaired) electrons. The van der Waals surface area contributed by atoms with Gasteiger partial charge in [-0.1, -0.05) is 30.3 Å². The average Bonchev–Trinajstić information content (AvgIpc) is 3.03. The molecular weight excluding hydrogens is 278 g/mol. The van der Waals surface area contributed by atoms with E-state index < -0.39 is 0 Å². The standard InChI is InChI=1S/C17H17N3O2/c21-17(9-8-14-5-2-1-3-6-14)20-12-10-15(13-20)22-16-7-4-11-18-19-16/h1-9,11,15H,10,12-13H2/b9-8+/t15-/m1/s1. The van der Waals surface area contributed by atoms with Gasteiger partial charge in [-0.2, -0.15) is 5.10 Å². The number of benzene rings is 1. The SMILES string of the molecule is O=C(/C=C/c1ccccc1)N1CC[C@@H](Oc2cccnn2)C1. The van der Waals surface area contributed by atoms with Crippen LogP contribution in [-0.4, -0.2) is 40.2 Å². The van der Waals surface area contributed by atoms with Crippen molar-refractivity contribution >= 4 is 12.0 Å². The third-order valence-electron chi connectivity index (χ3n) is 3.51. The van der Waals surface area contributed by atoms with Gasteiger partial charge in [0.05, 0.1) is 6.54 Å². The first-order valence-corrected chi connectivity index (χ1v) is 7.28. The van der Waals surface area contributed by atoms with Crippen LogP contribution in [0.1, 0.15) is 12.0 Å². The zero-order chi connectivity index (χ0) is 15.2. The summed E-state index contributed by atoms with van der Waals surface area (Å²) in [7, 11) is 0. The summed E-state index contributed by atoms with van der Waals surface area (Å²) in [5, 5.41) is 7.68. The number of hydrogen-bond donors (Lipinski definition) is 0. The van der Waals surface area contributed by atoms with Gasteiger partial charge in [0.15, 0.2) is 0 Å². The molecule has 1 aliphatic heterocycles. The Hall–Kier alpha value is -2.69. The van der Waals surface area contributed by atoms with E-state index in [9.17, 15) is 4.79 Å². The zero-order valence-corrected chi connectivity index (χ0v) is 12.1.